The summed E-state index contributed by atoms with van der Waals surface area (Å²) < 4.78 is 8.99. The summed E-state index contributed by atoms with van der Waals surface area (Å²) in [6.07, 6.45) is 0. The van der Waals surface area contributed by atoms with Gasteiger partial charge in [-0.1, -0.05) is 76.2 Å². The van der Waals surface area contributed by atoms with Gasteiger partial charge in [0.2, 0.25) is 6.54 Å². The van der Waals surface area contributed by atoms with Crippen molar-refractivity contribution in [2.24, 2.45) is 0 Å². The van der Waals surface area contributed by atoms with Gasteiger partial charge >= 0.3 is 0 Å². The van der Waals surface area contributed by atoms with Crippen LogP contribution in [0.25, 0.3) is 5.69 Å². The number of aryl methyl sites for hydroxylation is 1. The van der Waals surface area contributed by atoms with Crippen LogP contribution >= 0.6 is 27.7 Å². The molecule has 0 amide bonds. The van der Waals surface area contributed by atoms with Gasteiger partial charge in [-0.25, -0.2) is 0 Å². The molecule has 0 saturated heterocycles. The van der Waals surface area contributed by atoms with E-state index in [2.05, 4.69) is 26.1 Å². The average molecular weight is 525 g/mol. The summed E-state index contributed by atoms with van der Waals surface area (Å²) in [6.45, 7) is 1.95. The summed E-state index contributed by atoms with van der Waals surface area (Å²) in [7, 11) is 0. The van der Waals surface area contributed by atoms with Crippen molar-refractivity contribution in [2.75, 3.05) is 6.54 Å². The average Bonchev–Trinajstić information content (AvgIpc) is 3.18. The normalized spacial score (nSPS) is 11.8. The summed E-state index contributed by atoms with van der Waals surface area (Å²) in [5.74, 6) is 1.32. The third kappa shape index (κ3) is 5.80. The first-order chi connectivity index (χ1) is 16.0. The van der Waals surface area contributed by atoms with E-state index in [1.54, 1.807) is 0 Å². The fourth-order valence-corrected chi connectivity index (χ4v) is 4.84. The molecule has 0 aliphatic heterocycles. The number of rotatable bonds is 9. The molecule has 0 fully saturated rings. The molecular formula is C24H21BrN4O3S. The standard InChI is InChI=1S/C24H21BrN4O3S/c1-17-26-27-24(29(17)20-7-3-2-4-8-20)33-23(15-28(30)31)21-9-5-6-10-22(21)32-16-18-11-13-19(25)14-12-18/h2-14,23H,15-16H2,1H3/t23-/m0/s1. The third-order valence-corrected chi connectivity index (χ3v) is 6.64. The molecule has 0 unspecified atom stereocenters. The smallest absolute Gasteiger partial charge is 0.220 e. The Balaban J connectivity index is 1.63. The molecule has 3 aromatic carbocycles. The number of para-hydroxylation sites is 2. The van der Waals surface area contributed by atoms with E-state index >= 15 is 0 Å². The summed E-state index contributed by atoms with van der Waals surface area (Å²) in [5, 5.41) is 20.2. The monoisotopic (exact) mass is 524 g/mol. The number of hydrogen-bond acceptors (Lipinski definition) is 6. The van der Waals surface area contributed by atoms with Gasteiger partial charge in [-0.15, -0.1) is 10.2 Å². The Bertz CT molecular complexity index is 1230. The summed E-state index contributed by atoms with van der Waals surface area (Å²) in [6, 6.07) is 25.0. The minimum absolute atomic E-state index is 0.274. The number of nitrogens with zero attached hydrogens (tertiary/aromatic N) is 4. The number of aromatic nitrogens is 3. The molecular weight excluding hydrogens is 504 g/mol. The lowest BCUT2D eigenvalue weighted by molar-refractivity contribution is -0.479. The number of nitro groups is 1. The van der Waals surface area contributed by atoms with Gasteiger partial charge in [-0.05, 0) is 42.8 Å². The fourth-order valence-electron chi connectivity index (χ4n) is 3.38. The van der Waals surface area contributed by atoms with Crippen LogP contribution in [0.4, 0.5) is 0 Å². The van der Waals surface area contributed by atoms with Crippen LogP contribution in [-0.4, -0.2) is 26.2 Å². The van der Waals surface area contributed by atoms with Crippen LogP contribution in [0, 0.1) is 17.0 Å². The molecule has 0 aliphatic carbocycles. The van der Waals surface area contributed by atoms with Crippen LogP contribution in [0.2, 0.25) is 0 Å². The van der Waals surface area contributed by atoms with E-state index in [9.17, 15) is 10.1 Å². The zero-order chi connectivity index (χ0) is 23.2. The van der Waals surface area contributed by atoms with Gasteiger partial charge in [-0.3, -0.25) is 14.7 Å². The number of ether oxygens (including phenoxy) is 1. The fraction of sp³-hybridized carbons (Fsp3) is 0.167. The number of thioether (sulfide) groups is 1. The minimum atomic E-state index is -0.507. The predicted octanol–water partition coefficient (Wildman–Crippen LogP) is 6.03. The van der Waals surface area contributed by atoms with Gasteiger partial charge in [0.15, 0.2) is 5.16 Å². The molecule has 4 aromatic rings. The SMILES string of the molecule is Cc1nnc(S[C@@H](C[N+](=O)[O-])c2ccccc2OCc2ccc(Br)cc2)n1-c1ccccc1. The third-order valence-electron chi connectivity index (χ3n) is 4.95. The summed E-state index contributed by atoms with van der Waals surface area (Å²) >= 11 is 4.74. The van der Waals surface area contributed by atoms with Crippen LogP contribution in [0.1, 0.15) is 22.2 Å². The van der Waals surface area contributed by atoms with Crippen LogP contribution in [0.15, 0.2) is 88.5 Å². The number of benzene rings is 3. The topological polar surface area (TPSA) is 83.1 Å². The maximum absolute atomic E-state index is 11.6. The predicted molar refractivity (Wildman–Crippen MR) is 131 cm³/mol. The zero-order valence-corrected chi connectivity index (χ0v) is 20.2. The second-order valence-corrected chi connectivity index (χ2v) is 9.36. The highest BCUT2D eigenvalue weighted by Crippen LogP contribution is 2.40. The second kappa shape index (κ2) is 10.6. The van der Waals surface area contributed by atoms with E-state index in [-0.39, 0.29) is 11.5 Å². The van der Waals surface area contributed by atoms with Gasteiger partial charge < -0.3 is 4.74 Å². The molecule has 0 N–H and O–H groups in total. The lowest BCUT2D eigenvalue weighted by Crippen LogP contribution is -2.12. The molecule has 1 atom stereocenters. The van der Waals surface area contributed by atoms with Crippen molar-refractivity contribution in [3.63, 3.8) is 0 Å². The molecule has 0 aliphatic rings. The van der Waals surface area contributed by atoms with Gasteiger partial charge in [0.05, 0.1) is 0 Å². The van der Waals surface area contributed by atoms with Crippen LogP contribution < -0.4 is 4.74 Å². The van der Waals surface area contributed by atoms with Crippen molar-refractivity contribution in [3.05, 3.63) is 110 Å². The Morgan fingerprint density at radius 2 is 1.73 bits per heavy atom. The molecule has 33 heavy (non-hydrogen) atoms. The molecule has 168 valence electrons. The lowest BCUT2D eigenvalue weighted by Gasteiger charge is -2.18. The van der Waals surface area contributed by atoms with Crippen molar-refractivity contribution in [2.45, 2.75) is 23.9 Å². The molecule has 0 saturated carbocycles. The summed E-state index contributed by atoms with van der Waals surface area (Å²) in [4.78, 5) is 11.3. The van der Waals surface area contributed by atoms with Crippen molar-refractivity contribution in [1.29, 1.82) is 0 Å². The maximum Gasteiger partial charge on any atom is 0.220 e. The second-order valence-electron chi connectivity index (χ2n) is 7.28. The van der Waals surface area contributed by atoms with E-state index < -0.39 is 5.25 Å². The van der Waals surface area contributed by atoms with Crippen molar-refractivity contribution >= 4 is 27.7 Å². The summed E-state index contributed by atoms with van der Waals surface area (Å²) in [5.41, 5.74) is 2.66. The highest BCUT2D eigenvalue weighted by atomic mass is 79.9. The van der Waals surface area contributed by atoms with Crippen LogP contribution in [0.3, 0.4) is 0 Å². The van der Waals surface area contributed by atoms with E-state index in [4.69, 9.17) is 4.74 Å². The molecule has 9 heteroatoms. The first kappa shape index (κ1) is 23.0. The first-order valence-electron chi connectivity index (χ1n) is 10.2. The Morgan fingerprint density at radius 1 is 1.03 bits per heavy atom. The van der Waals surface area contributed by atoms with Crippen molar-refractivity contribution in [1.82, 2.24) is 14.8 Å². The molecule has 0 spiro atoms. The van der Waals surface area contributed by atoms with Crippen LogP contribution in [-0.2, 0) is 6.61 Å². The molecule has 4 rings (SSSR count). The van der Waals surface area contributed by atoms with E-state index in [1.807, 2.05) is 90.4 Å². The lowest BCUT2D eigenvalue weighted by atomic mass is 10.1. The van der Waals surface area contributed by atoms with Crippen LogP contribution in [0.5, 0.6) is 5.75 Å². The van der Waals surface area contributed by atoms with Crippen molar-refractivity contribution in [3.8, 4) is 11.4 Å². The van der Waals surface area contributed by atoms with E-state index in [1.165, 1.54) is 11.8 Å². The Labute approximate surface area is 204 Å². The number of hydrogen-bond donors (Lipinski definition) is 0. The largest absolute Gasteiger partial charge is 0.489 e. The Kier molecular flexibility index (Phi) is 7.41. The highest BCUT2D eigenvalue weighted by molar-refractivity contribution is 9.10. The van der Waals surface area contributed by atoms with Gasteiger partial charge in [0.1, 0.15) is 23.4 Å². The maximum atomic E-state index is 11.6. The molecule has 0 bridgehead atoms. The van der Waals surface area contributed by atoms with E-state index in [0.717, 1.165) is 21.3 Å². The Morgan fingerprint density at radius 3 is 2.45 bits per heavy atom. The zero-order valence-electron chi connectivity index (χ0n) is 17.8. The van der Waals surface area contributed by atoms with E-state index in [0.29, 0.717) is 23.3 Å². The molecule has 1 aromatic heterocycles. The molecule has 7 nitrogen and oxygen atoms in total. The van der Waals surface area contributed by atoms with Gasteiger partial charge in [-0.2, -0.15) is 0 Å². The van der Waals surface area contributed by atoms with Crippen molar-refractivity contribution < 1.29 is 9.66 Å². The minimum Gasteiger partial charge on any atom is -0.489 e. The molecule has 0 radical (unpaired) electrons. The molecule has 1 heterocycles. The van der Waals surface area contributed by atoms with Gasteiger partial charge in [0, 0.05) is 20.6 Å². The van der Waals surface area contributed by atoms with Gasteiger partial charge in [0.25, 0.3) is 0 Å². The Hall–Kier alpha value is -3.17. The highest BCUT2D eigenvalue weighted by Gasteiger charge is 2.26. The quantitative estimate of drug-likeness (QED) is 0.151. The number of halogens is 1. The first-order valence-corrected chi connectivity index (χ1v) is 11.9.